The van der Waals surface area contributed by atoms with Gasteiger partial charge in [0.25, 0.3) is 17.5 Å². The third-order valence-electron chi connectivity index (χ3n) is 5.54. The highest BCUT2D eigenvalue weighted by atomic mass is 16.6. The zero-order valence-corrected chi connectivity index (χ0v) is 18.8. The quantitative estimate of drug-likeness (QED) is 0.208. The second kappa shape index (κ2) is 9.64. The van der Waals surface area contributed by atoms with Crippen molar-refractivity contribution in [3.8, 4) is 11.5 Å². The first kappa shape index (κ1) is 23.4. The normalized spacial score (nSPS) is 12.3. The standard InChI is InChI=1S/C25H20N2O8/c1-33-21-10-8-17(27(31)32)12-16(21)14-35-25(30)20-11-15(7-9-22(20)34-2)13-26-23(28)18-5-3-4-6-19(18)24(26)29/h3-12H,13-14H2,1-2H3. The van der Waals surface area contributed by atoms with Crippen molar-refractivity contribution in [2.75, 3.05) is 14.2 Å². The Balaban J connectivity index is 1.54. The van der Waals surface area contributed by atoms with E-state index in [1.165, 1.54) is 44.6 Å². The fourth-order valence-electron chi connectivity index (χ4n) is 3.79. The Morgan fingerprint density at radius 3 is 2.14 bits per heavy atom. The van der Waals surface area contributed by atoms with Crippen LogP contribution in [0, 0.1) is 10.1 Å². The lowest BCUT2D eigenvalue weighted by Crippen LogP contribution is -2.29. The predicted molar refractivity (Wildman–Crippen MR) is 122 cm³/mol. The number of carbonyl (C=O) groups excluding carboxylic acids is 3. The summed E-state index contributed by atoms with van der Waals surface area (Å²) in [6.45, 7) is -0.329. The summed E-state index contributed by atoms with van der Waals surface area (Å²) in [5.41, 5.74) is 1.40. The molecule has 1 aliphatic heterocycles. The first-order chi connectivity index (χ1) is 16.8. The number of nitrogens with zero attached hydrogens (tertiary/aromatic N) is 2. The van der Waals surface area contributed by atoms with Gasteiger partial charge in [-0.1, -0.05) is 18.2 Å². The molecule has 4 rings (SSSR count). The summed E-state index contributed by atoms with van der Waals surface area (Å²) in [4.78, 5) is 49.9. The summed E-state index contributed by atoms with van der Waals surface area (Å²) >= 11 is 0. The topological polar surface area (TPSA) is 125 Å². The number of carbonyl (C=O) groups is 3. The van der Waals surface area contributed by atoms with E-state index in [2.05, 4.69) is 0 Å². The number of amides is 2. The second-order valence-corrected chi connectivity index (χ2v) is 7.61. The number of hydrogen-bond acceptors (Lipinski definition) is 8. The number of methoxy groups -OCH3 is 2. The van der Waals surface area contributed by atoms with Crippen LogP contribution < -0.4 is 9.47 Å². The summed E-state index contributed by atoms with van der Waals surface area (Å²) in [7, 11) is 2.79. The van der Waals surface area contributed by atoms with Crippen molar-refractivity contribution < 1.29 is 33.5 Å². The van der Waals surface area contributed by atoms with Crippen LogP contribution in [0.25, 0.3) is 0 Å². The number of non-ortho nitro benzene ring substituents is 1. The molecule has 1 aliphatic rings. The minimum Gasteiger partial charge on any atom is -0.496 e. The van der Waals surface area contributed by atoms with E-state index in [0.29, 0.717) is 28.0 Å². The first-order valence-electron chi connectivity index (χ1n) is 10.4. The Bertz CT molecular complexity index is 1320. The van der Waals surface area contributed by atoms with Gasteiger partial charge in [0.1, 0.15) is 23.7 Å². The monoisotopic (exact) mass is 476 g/mol. The van der Waals surface area contributed by atoms with Crippen molar-refractivity contribution in [3.05, 3.63) is 98.6 Å². The Labute approximate surface area is 199 Å². The highest BCUT2D eigenvalue weighted by Gasteiger charge is 2.35. The summed E-state index contributed by atoms with van der Waals surface area (Å²) in [6, 6.07) is 15.2. The molecule has 0 aliphatic carbocycles. The van der Waals surface area contributed by atoms with Crippen LogP contribution in [-0.2, 0) is 17.9 Å². The maximum atomic E-state index is 12.9. The molecule has 1 heterocycles. The number of benzene rings is 3. The van der Waals surface area contributed by atoms with Gasteiger partial charge < -0.3 is 14.2 Å². The van der Waals surface area contributed by atoms with Gasteiger partial charge in [0.2, 0.25) is 0 Å². The molecule has 2 amide bonds. The van der Waals surface area contributed by atoms with Crippen LogP contribution in [0.2, 0.25) is 0 Å². The lowest BCUT2D eigenvalue weighted by atomic mass is 10.1. The summed E-state index contributed by atoms with van der Waals surface area (Å²) < 4.78 is 15.8. The van der Waals surface area contributed by atoms with E-state index in [1.807, 2.05) is 0 Å². The largest absolute Gasteiger partial charge is 0.496 e. The molecule has 0 saturated heterocycles. The number of nitro benzene ring substituents is 1. The van der Waals surface area contributed by atoms with Crippen LogP contribution in [0.4, 0.5) is 5.69 Å². The molecule has 0 aromatic heterocycles. The van der Waals surface area contributed by atoms with Crippen molar-refractivity contribution in [2.45, 2.75) is 13.2 Å². The predicted octanol–water partition coefficient (Wildman–Crippen LogP) is 3.77. The van der Waals surface area contributed by atoms with Gasteiger partial charge >= 0.3 is 5.97 Å². The molecule has 35 heavy (non-hydrogen) atoms. The number of imide groups is 1. The fourth-order valence-corrected chi connectivity index (χ4v) is 3.79. The Kier molecular flexibility index (Phi) is 6.45. The molecule has 0 saturated carbocycles. The lowest BCUT2D eigenvalue weighted by molar-refractivity contribution is -0.385. The van der Waals surface area contributed by atoms with Crippen LogP contribution >= 0.6 is 0 Å². The van der Waals surface area contributed by atoms with Crippen LogP contribution in [0.3, 0.4) is 0 Å². The maximum Gasteiger partial charge on any atom is 0.342 e. The molecule has 0 unspecified atom stereocenters. The van der Waals surface area contributed by atoms with Gasteiger partial charge in [-0.3, -0.25) is 24.6 Å². The van der Waals surface area contributed by atoms with Crippen molar-refractivity contribution in [1.29, 1.82) is 0 Å². The number of nitro groups is 1. The smallest absolute Gasteiger partial charge is 0.342 e. The second-order valence-electron chi connectivity index (χ2n) is 7.61. The van der Waals surface area contributed by atoms with Crippen molar-refractivity contribution >= 4 is 23.5 Å². The van der Waals surface area contributed by atoms with Crippen molar-refractivity contribution in [2.24, 2.45) is 0 Å². The van der Waals surface area contributed by atoms with Gasteiger partial charge in [0, 0.05) is 17.7 Å². The molecule has 0 bridgehead atoms. The molecule has 3 aromatic rings. The zero-order chi connectivity index (χ0) is 25.1. The minimum atomic E-state index is -0.750. The van der Waals surface area contributed by atoms with Crippen LogP contribution in [0.1, 0.15) is 42.2 Å². The minimum absolute atomic E-state index is 0.0463. The van der Waals surface area contributed by atoms with Crippen LogP contribution in [0.15, 0.2) is 60.7 Å². The summed E-state index contributed by atoms with van der Waals surface area (Å²) in [6.07, 6.45) is 0. The third-order valence-corrected chi connectivity index (χ3v) is 5.54. The van der Waals surface area contributed by atoms with E-state index in [1.54, 1.807) is 30.3 Å². The molecule has 0 radical (unpaired) electrons. The summed E-state index contributed by atoms with van der Waals surface area (Å²) in [5, 5.41) is 11.1. The highest BCUT2D eigenvalue weighted by Crippen LogP contribution is 2.28. The molecule has 3 aromatic carbocycles. The lowest BCUT2D eigenvalue weighted by Gasteiger charge is -2.16. The van der Waals surface area contributed by atoms with Gasteiger partial charge in [0.15, 0.2) is 0 Å². The van der Waals surface area contributed by atoms with E-state index in [9.17, 15) is 24.5 Å². The van der Waals surface area contributed by atoms with E-state index in [4.69, 9.17) is 14.2 Å². The van der Waals surface area contributed by atoms with Crippen LogP contribution in [-0.4, -0.2) is 41.8 Å². The maximum absolute atomic E-state index is 12.9. The molecule has 0 atom stereocenters. The molecule has 178 valence electrons. The molecule has 0 N–H and O–H groups in total. The van der Waals surface area contributed by atoms with Crippen LogP contribution in [0.5, 0.6) is 11.5 Å². The number of esters is 1. The number of hydrogen-bond donors (Lipinski definition) is 0. The molecule has 0 fully saturated rings. The molecular formula is C25H20N2O8. The zero-order valence-electron chi connectivity index (χ0n) is 18.8. The van der Waals surface area contributed by atoms with E-state index < -0.39 is 22.7 Å². The van der Waals surface area contributed by atoms with Crippen molar-refractivity contribution in [3.63, 3.8) is 0 Å². The van der Waals surface area contributed by atoms with Gasteiger partial charge in [-0.25, -0.2) is 4.79 Å². The van der Waals surface area contributed by atoms with Gasteiger partial charge in [-0.05, 0) is 35.9 Å². The number of fused-ring (bicyclic) bond motifs is 1. The van der Waals surface area contributed by atoms with Gasteiger partial charge in [-0.15, -0.1) is 0 Å². The Hall–Kier alpha value is -4.73. The van der Waals surface area contributed by atoms with E-state index >= 15 is 0 Å². The average Bonchev–Trinajstić information content (AvgIpc) is 3.11. The van der Waals surface area contributed by atoms with E-state index in [-0.39, 0.29) is 30.2 Å². The Morgan fingerprint density at radius 1 is 0.914 bits per heavy atom. The third kappa shape index (κ3) is 4.54. The first-order valence-corrected chi connectivity index (χ1v) is 10.4. The molecule has 0 spiro atoms. The molecular weight excluding hydrogens is 456 g/mol. The molecule has 10 nitrogen and oxygen atoms in total. The average molecular weight is 476 g/mol. The number of ether oxygens (including phenoxy) is 3. The molecule has 10 heteroatoms. The summed E-state index contributed by atoms with van der Waals surface area (Å²) in [5.74, 6) is -1.02. The fraction of sp³-hybridized carbons (Fsp3) is 0.160. The van der Waals surface area contributed by atoms with Gasteiger partial charge in [0.05, 0.1) is 36.8 Å². The highest BCUT2D eigenvalue weighted by molar-refractivity contribution is 6.21. The van der Waals surface area contributed by atoms with Crippen molar-refractivity contribution in [1.82, 2.24) is 4.90 Å². The van der Waals surface area contributed by atoms with Gasteiger partial charge in [-0.2, -0.15) is 0 Å². The van der Waals surface area contributed by atoms with E-state index in [0.717, 1.165) is 4.90 Å². The number of rotatable bonds is 8. The Morgan fingerprint density at radius 2 is 1.54 bits per heavy atom. The SMILES string of the molecule is COc1ccc([N+](=O)[O-])cc1COC(=O)c1cc(CN2C(=O)c3ccccc3C2=O)ccc1OC.